The molecule has 0 unspecified atom stereocenters. The minimum atomic E-state index is 0.291. The maximum absolute atomic E-state index is 6.46. The monoisotopic (exact) mass is 330 g/mol. The fourth-order valence-corrected chi connectivity index (χ4v) is 3.49. The highest BCUT2D eigenvalue weighted by atomic mass is 35.5. The van der Waals surface area contributed by atoms with E-state index in [1.54, 1.807) is 0 Å². The molecular weight excluding hydrogens is 312 g/mol. The molecule has 4 nitrogen and oxygen atoms in total. The number of nitrogens with one attached hydrogen (secondary N) is 2. The Morgan fingerprint density at radius 1 is 1.09 bits per heavy atom. The summed E-state index contributed by atoms with van der Waals surface area (Å²) in [6, 6.07) is 10.1. The van der Waals surface area contributed by atoms with Gasteiger partial charge in [-0.05, 0) is 49.2 Å². The molecule has 2 aliphatic heterocycles. The molecule has 0 radical (unpaired) electrons. The van der Waals surface area contributed by atoms with Crippen molar-refractivity contribution in [2.75, 3.05) is 25.2 Å². The number of rotatable bonds is 3. The topological polar surface area (TPSA) is 42.5 Å². The minimum absolute atomic E-state index is 0.291. The summed E-state index contributed by atoms with van der Waals surface area (Å²) >= 11 is 6.46. The van der Waals surface area contributed by atoms with E-state index in [4.69, 9.17) is 21.1 Å². The van der Waals surface area contributed by atoms with Crippen molar-refractivity contribution in [2.24, 2.45) is 0 Å². The second-order valence-corrected chi connectivity index (χ2v) is 6.22. The molecular formula is C18H19ClN2O2. The number of fused-ring (bicyclic) bond motifs is 2. The van der Waals surface area contributed by atoms with Crippen LogP contribution in [0.4, 0.5) is 5.69 Å². The van der Waals surface area contributed by atoms with E-state index in [2.05, 4.69) is 22.8 Å². The van der Waals surface area contributed by atoms with E-state index in [0.717, 1.165) is 53.7 Å². The van der Waals surface area contributed by atoms with E-state index >= 15 is 0 Å². The molecule has 0 atom stereocenters. The molecule has 4 rings (SSSR count). The van der Waals surface area contributed by atoms with Gasteiger partial charge in [0.2, 0.25) is 6.79 Å². The predicted octanol–water partition coefficient (Wildman–Crippen LogP) is 3.37. The molecule has 0 aliphatic carbocycles. The minimum Gasteiger partial charge on any atom is -0.454 e. The van der Waals surface area contributed by atoms with Gasteiger partial charge in [0.1, 0.15) is 0 Å². The van der Waals surface area contributed by atoms with Crippen LogP contribution in [-0.4, -0.2) is 19.9 Å². The van der Waals surface area contributed by atoms with Gasteiger partial charge in [-0.3, -0.25) is 0 Å². The zero-order chi connectivity index (χ0) is 15.6. The first-order valence-corrected chi connectivity index (χ1v) is 8.33. The van der Waals surface area contributed by atoms with Crippen LogP contribution in [0, 0.1) is 0 Å². The molecule has 5 heteroatoms. The third-order valence-electron chi connectivity index (χ3n) is 4.42. The van der Waals surface area contributed by atoms with E-state index < -0.39 is 0 Å². The van der Waals surface area contributed by atoms with Crippen molar-refractivity contribution in [1.29, 1.82) is 0 Å². The second kappa shape index (κ2) is 6.30. The van der Waals surface area contributed by atoms with E-state index in [1.165, 1.54) is 11.1 Å². The summed E-state index contributed by atoms with van der Waals surface area (Å²) < 4.78 is 11.0. The molecule has 0 saturated heterocycles. The summed E-state index contributed by atoms with van der Waals surface area (Å²) in [6.07, 6.45) is 2.03. The standard InChI is InChI=1S/C18H19ClN2O2/c19-15-5-4-12-6-8-20-9-7-14(12)17(15)21-10-13-2-1-3-16-18(13)23-11-22-16/h1-5,20-21H,6-11H2. The molecule has 0 bridgehead atoms. The Morgan fingerprint density at radius 3 is 2.96 bits per heavy atom. The first-order valence-electron chi connectivity index (χ1n) is 7.95. The van der Waals surface area contributed by atoms with Crippen LogP contribution in [0.15, 0.2) is 30.3 Å². The molecule has 2 heterocycles. The van der Waals surface area contributed by atoms with Crippen molar-refractivity contribution in [3.63, 3.8) is 0 Å². The van der Waals surface area contributed by atoms with E-state index in [0.29, 0.717) is 13.3 Å². The van der Waals surface area contributed by atoms with E-state index in [-0.39, 0.29) is 0 Å². The van der Waals surface area contributed by atoms with Gasteiger partial charge in [-0.1, -0.05) is 29.8 Å². The van der Waals surface area contributed by atoms with Gasteiger partial charge in [0.05, 0.1) is 10.7 Å². The quantitative estimate of drug-likeness (QED) is 0.905. The highest BCUT2D eigenvalue weighted by Gasteiger charge is 2.19. The number of hydrogen-bond acceptors (Lipinski definition) is 4. The van der Waals surface area contributed by atoms with E-state index in [9.17, 15) is 0 Å². The highest BCUT2D eigenvalue weighted by molar-refractivity contribution is 6.33. The van der Waals surface area contributed by atoms with E-state index in [1.807, 2.05) is 18.2 Å². The van der Waals surface area contributed by atoms with Crippen molar-refractivity contribution >= 4 is 17.3 Å². The largest absolute Gasteiger partial charge is 0.454 e. The lowest BCUT2D eigenvalue weighted by molar-refractivity contribution is 0.173. The molecule has 2 aromatic rings. The lowest BCUT2D eigenvalue weighted by Gasteiger charge is -2.16. The third-order valence-corrected chi connectivity index (χ3v) is 4.73. The van der Waals surface area contributed by atoms with Crippen LogP contribution in [0.25, 0.3) is 0 Å². The van der Waals surface area contributed by atoms with Gasteiger partial charge >= 0.3 is 0 Å². The average Bonchev–Trinajstić information content (AvgIpc) is 2.92. The average molecular weight is 331 g/mol. The number of benzene rings is 2. The van der Waals surface area contributed by atoms with Crippen LogP contribution in [-0.2, 0) is 19.4 Å². The van der Waals surface area contributed by atoms with Crippen LogP contribution in [0.1, 0.15) is 16.7 Å². The smallest absolute Gasteiger partial charge is 0.231 e. The molecule has 0 spiro atoms. The van der Waals surface area contributed by atoms with Crippen LogP contribution >= 0.6 is 11.6 Å². The van der Waals surface area contributed by atoms with Crippen molar-refractivity contribution in [3.8, 4) is 11.5 Å². The molecule has 0 fully saturated rings. The summed E-state index contributed by atoms with van der Waals surface area (Å²) in [7, 11) is 0. The molecule has 23 heavy (non-hydrogen) atoms. The Balaban J connectivity index is 1.61. The van der Waals surface area contributed by atoms with Gasteiger partial charge in [0.25, 0.3) is 0 Å². The summed E-state index contributed by atoms with van der Waals surface area (Å²) in [4.78, 5) is 0. The van der Waals surface area contributed by atoms with Gasteiger partial charge in [-0.2, -0.15) is 0 Å². The van der Waals surface area contributed by atoms with Crippen LogP contribution in [0.2, 0.25) is 5.02 Å². The molecule has 0 aromatic heterocycles. The predicted molar refractivity (Wildman–Crippen MR) is 91.6 cm³/mol. The fraction of sp³-hybridized carbons (Fsp3) is 0.333. The SMILES string of the molecule is Clc1ccc2c(c1NCc1cccc3c1OCO3)CCNCC2. The van der Waals surface area contributed by atoms with Gasteiger partial charge < -0.3 is 20.1 Å². The second-order valence-electron chi connectivity index (χ2n) is 5.81. The molecule has 120 valence electrons. The molecule has 2 N–H and O–H groups in total. The third kappa shape index (κ3) is 2.84. The maximum Gasteiger partial charge on any atom is 0.231 e. The Morgan fingerprint density at radius 2 is 2.00 bits per heavy atom. The summed E-state index contributed by atoms with van der Waals surface area (Å²) in [5.41, 5.74) is 4.83. The van der Waals surface area contributed by atoms with Crippen LogP contribution in [0.5, 0.6) is 11.5 Å². The number of hydrogen-bond donors (Lipinski definition) is 2. The number of anilines is 1. The molecule has 2 aliphatic rings. The number of para-hydroxylation sites is 1. The lowest BCUT2D eigenvalue weighted by atomic mass is 10.0. The van der Waals surface area contributed by atoms with Gasteiger partial charge in [-0.15, -0.1) is 0 Å². The first-order chi connectivity index (χ1) is 11.3. The lowest BCUT2D eigenvalue weighted by Crippen LogP contribution is -2.16. The van der Waals surface area contributed by atoms with Gasteiger partial charge in [0, 0.05) is 12.1 Å². The Kier molecular flexibility index (Phi) is 4.02. The van der Waals surface area contributed by atoms with Crippen molar-refractivity contribution in [1.82, 2.24) is 5.32 Å². The van der Waals surface area contributed by atoms with Gasteiger partial charge in [0.15, 0.2) is 11.5 Å². The maximum atomic E-state index is 6.46. The molecule has 0 saturated carbocycles. The summed E-state index contributed by atoms with van der Waals surface area (Å²) in [5.74, 6) is 1.64. The zero-order valence-electron chi connectivity index (χ0n) is 12.8. The first kappa shape index (κ1) is 14.7. The Labute approximate surface area is 140 Å². The van der Waals surface area contributed by atoms with Crippen LogP contribution < -0.4 is 20.1 Å². The van der Waals surface area contributed by atoms with Crippen molar-refractivity contribution in [2.45, 2.75) is 19.4 Å². The highest BCUT2D eigenvalue weighted by Crippen LogP contribution is 2.37. The molecule has 0 amide bonds. The summed E-state index contributed by atoms with van der Waals surface area (Å²) in [5, 5.41) is 7.73. The van der Waals surface area contributed by atoms with Crippen molar-refractivity contribution in [3.05, 3.63) is 52.0 Å². The Hall–Kier alpha value is -1.91. The number of halogens is 1. The fourth-order valence-electron chi connectivity index (χ4n) is 3.25. The summed E-state index contributed by atoms with van der Waals surface area (Å²) in [6.45, 7) is 2.96. The number of ether oxygens (including phenoxy) is 2. The van der Waals surface area contributed by atoms with Crippen molar-refractivity contribution < 1.29 is 9.47 Å². The molecule has 2 aromatic carbocycles. The normalized spacial score (nSPS) is 15.9. The Bertz CT molecular complexity index is 733. The zero-order valence-corrected chi connectivity index (χ0v) is 13.6. The van der Waals surface area contributed by atoms with Crippen LogP contribution in [0.3, 0.4) is 0 Å². The van der Waals surface area contributed by atoms with Gasteiger partial charge in [-0.25, -0.2) is 0 Å².